The molecule has 4 heteroatoms. The zero-order valence-electron chi connectivity index (χ0n) is 11.2. The standard InChI is InChI=1S/C16H17Cl2NO/c1-11(19)16(13-4-8-15(18)9-5-13)20-10-12-2-6-14(17)7-3-12/h2-9,11,16H,10,19H2,1H3. The molecule has 2 rings (SSSR count). The Morgan fingerprint density at radius 3 is 1.95 bits per heavy atom. The summed E-state index contributed by atoms with van der Waals surface area (Å²) in [6, 6.07) is 15.1. The minimum Gasteiger partial charge on any atom is -0.367 e. The largest absolute Gasteiger partial charge is 0.367 e. The van der Waals surface area contributed by atoms with E-state index in [9.17, 15) is 0 Å². The highest BCUT2D eigenvalue weighted by Gasteiger charge is 2.16. The third kappa shape index (κ3) is 4.22. The smallest absolute Gasteiger partial charge is 0.0977 e. The quantitative estimate of drug-likeness (QED) is 0.876. The SMILES string of the molecule is CC(N)C(OCc1ccc(Cl)cc1)c1ccc(Cl)cc1. The molecule has 2 aromatic carbocycles. The maximum Gasteiger partial charge on any atom is 0.0977 e. The van der Waals surface area contributed by atoms with E-state index in [-0.39, 0.29) is 12.1 Å². The van der Waals surface area contributed by atoms with Crippen LogP contribution in [0, 0.1) is 0 Å². The first-order valence-electron chi connectivity index (χ1n) is 6.43. The molecule has 0 saturated carbocycles. The van der Waals surface area contributed by atoms with Crippen molar-refractivity contribution in [1.82, 2.24) is 0 Å². The molecule has 2 N–H and O–H groups in total. The van der Waals surface area contributed by atoms with Crippen molar-refractivity contribution in [3.63, 3.8) is 0 Å². The van der Waals surface area contributed by atoms with Gasteiger partial charge < -0.3 is 10.5 Å². The minimum atomic E-state index is -0.164. The van der Waals surface area contributed by atoms with E-state index < -0.39 is 0 Å². The van der Waals surface area contributed by atoms with Gasteiger partial charge in [-0.15, -0.1) is 0 Å². The predicted octanol–water partition coefficient (Wildman–Crippen LogP) is 4.60. The fourth-order valence-electron chi connectivity index (χ4n) is 1.97. The van der Waals surface area contributed by atoms with Crippen LogP contribution in [0.25, 0.3) is 0 Å². The summed E-state index contributed by atoms with van der Waals surface area (Å²) in [4.78, 5) is 0. The molecule has 2 aromatic rings. The Hall–Kier alpha value is -1.06. The van der Waals surface area contributed by atoms with Gasteiger partial charge in [0, 0.05) is 16.1 Å². The first kappa shape index (κ1) is 15.3. The fourth-order valence-corrected chi connectivity index (χ4v) is 2.22. The van der Waals surface area contributed by atoms with Crippen LogP contribution in [-0.4, -0.2) is 6.04 Å². The summed E-state index contributed by atoms with van der Waals surface area (Å²) in [6.07, 6.45) is -0.164. The van der Waals surface area contributed by atoms with Crippen LogP contribution in [0.3, 0.4) is 0 Å². The van der Waals surface area contributed by atoms with Gasteiger partial charge in [0.25, 0.3) is 0 Å². The van der Waals surface area contributed by atoms with Crippen molar-refractivity contribution in [2.75, 3.05) is 0 Å². The van der Waals surface area contributed by atoms with Crippen molar-refractivity contribution in [2.45, 2.75) is 25.7 Å². The van der Waals surface area contributed by atoms with Gasteiger partial charge in [0.2, 0.25) is 0 Å². The average Bonchev–Trinajstić information content (AvgIpc) is 2.43. The maximum atomic E-state index is 6.02. The van der Waals surface area contributed by atoms with Crippen LogP contribution in [0.1, 0.15) is 24.2 Å². The van der Waals surface area contributed by atoms with Crippen molar-refractivity contribution in [2.24, 2.45) is 5.73 Å². The summed E-state index contributed by atoms with van der Waals surface area (Å²) in [6.45, 7) is 2.42. The lowest BCUT2D eigenvalue weighted by atomic mass is 10.0. The van der Waals surface area contributed by atoms with Gasteiger partial charge in [-0.2, -0.15) is 0 Å². The number of benzene rings is 2. The molecule has 0 aliphatic heterocycles. The first-order valence-corrected chi connectivity index (χ1v) is 7.19. The van der Waals surface area contributed by atoms with Crippen LogP contribution in [0.4, 0.5) is 0 Å². The molecule has 0 aromatic heterocycles. The highest BCUT2D eigenvalue weighted by Crippen LogP contribution is 2.24. The third-order valence-electron chi connectivity index (χ3n) is 3.02. The Morgan fingerprint density at radius 2 is 1.45 bits per heavy atom. The van der Waals surface area contributed by atoms with E-state index >= 15 is 0 Å². The van der Waals surface area contributed by atoms with Crippen LogP contribution >= 0.6 is 23.2 Å². The highest BCUT2D eigenvalue weighted by atomic mass is 35.5. The van der Waals surface area contributed by atoms with Crippen molar-refractivity contribution in [1.29, 1.82) is 0 Å². The summed E-state index contributed by atoms with van der Waals surface area (Å²) in [7, 11) is 0. The summed E-state index contributed by atoms with van der Waals surface area (Å²) < 4.78 is 5.94. The van der Waals surface area contributed by atoms with Gasteiger partial charge in [-0.05, 0) is 42.3 Å². The molecule has 20 heavy (non-hydrogen) atoms. The Kier molecular flexibility index (Phi) is 5.44. The van der Waals surface area contributed by atoms with Crippen LogP contribution < -0.4 is 5.73 Å². The molecule has 0 fully saturated rings. The molecule has 0 heterocycles. The van der Waals surface area contributed by atoms with Gasteiger partial charge >= 0.3 is 0 Å². The normalized spacial score (nSPS) is 14.0. The molecule has 2 unspecified atom stereocenters. The van der Waals surface area contributed by atoms with E-state index in [4.69, 9.17) is 33.7 Å². The van der Waals surface area contributed by atoms with Gasteiger partial charge in [0.15, 0.2) is 0 Å². The topological polar surface area (TPSA) is 35.2 Å². The third-order valence-corrected chi connectivity index (χ3v) is 3.52. The summed E-state index contributed by atoms with van der Waals surface area (Å²) >= 11 is 11.8. The van der Waals surface area contributed by atoms with Gasteiger partial charge in [0.05, 0.1) is 12.7 Å². The highest BCUT2D eigenvalue weighted by molar-refractivity contribution is 6.30. The molecule has 0 bridgehead atoms. The maximum absolute atomic E-state index is 6.02. The van der Waals surface area contributed by atoms with Crippen LogP contribution in [0.2, 0.25) is 10.0 Å². The molecule has 0 amide bonds. The molecule has 2 nitrogen and oxygen atoms in total. The molecule has 0 spiro atoms. The zero-order chi connectivity index (χ0) is 14.5. The molecular formula is C16H17Cl2NO. The lowest BCUT2D eigenvalue weighted by Gasteiger charge is -2.22. The van der Waals surface area contributed by atoms with Crippen LogP contribution in [0.15, 0.2) is 48.5 Å². The molecule has 106 valence electrons. The Labute approximate surface area is 129 Å². The second-order valence-corrected chi connectivity index (χ2v) is 5.64. The van der Waals surface area contributed by atoms with E-state index in [2.05, 4.69) is 0 Å². The van der Waals surface area contributed by atoms with Gasteiger partial charge in [-0.25, -0.2) is 0 Å². The van der Waals surface area contributed by atoms with E-state index in [1.54, 1.807) is 0 Å². The monoisotopic (exact) mass is 309 g/mol. The number of nitrogens with two attached hydrogens (primary N) is 1. The zero-order valence-corrected chi connectivity index (χ0v) is 12.7. The Morgan fingerprint density at radius 1 is 0.950 bits per heavy atom. The van der Waals surface area contributed by atoms with Crippen molar-refractivity contribution in [3.8, 4) is 0 Å². The van der Waals surface area contributed by atoms with Gasteiger partial charge in [0.1, 0.15) is 0 Å². The predicted molar refractivity (Wildman–Crippen MR) is 84.1 cm³/mol. The Bertz CT molecular complexity index is 537. The van der Waals surface area contributed by atoms with Gasteiger partial charge in [-0.1, -0.05) is 47.5 Å². The molecule has 0 saturated heterocycles. The van der Waals surface area contributed by atoms with Crippen LogP contribution in [-0.2, 0) is 11.3 Å². The van der Waals surface area contributed by atoms with Crippen molar-refractivity contribution < 1.29 is 4.74 Å². The van der Waals surface area contributed by atoms with Crippen molar-refractivity contribution in [3.05, 3.63) is 69.7 Å². The first-order chi connectivity index (χ1) is 9.56. The summed E-state index contributed by atoms with van der Waals surface area (Å²) in [5.74, 6) is 0. The lowest BCUT2D eigenvalue weighted by molar-refractivity contribution is 0.0259. The van der Waals surface area contributed by atoms with E-state index in [0.717, 1.165) is 16.1 Å². The van der Waals surface area contributed by atoms with Gasteiger partial charge in [-0.3, -0.25) is 0 Å². The molecule has 0 aliphatic rings. The minimum absolute atomic E-state index is 0.108. The lowest BCUT2D eigenvalue weighted by Crippen LogP contribution is -2.26. The van der Waals surface area contributed by atoms with E-state index in [0.29, 0.717) is 11.6 Å². The van der Waals surface area contributed by atoms with E-state index in [1.807, 2.05) is 55.5 Å². The number of halogens is 2. The second-order valence-electron chi connectivity index (χ2n) is 4.77. The summed E-state index contributed by atoms with van der Waals surface area (Å²) in [5.41, 5.74) is 8.11. The molecule has 0 radical (unpaired) electrons. The summed E-state index contributed by atoms with van der Waals surface area (Å²) in [5, 5.41) is 1.42. The molecule has 2 atom stereocenters. The second kappa shape index (κ2) is 7.09. The number of hydrogen-bond donors (Lipinski definition) is 1. The Balaban J connectivity index is 2.06. The number of ether oxygens (including phenoxy) is 1. The van der Waals surface area contributed by atoms with Crippen molar-refractivity contribution >= 4 is 23.2 Å². The molecule has 0 aliphatic carbocycles. The van der Waals surface area contributed by atoms with E-state index in [1.165, 1.54) is 0 Å². The fraction of sp³-hybridized carbons (Fsp3) is 0.250. The van der Waals surface area contributed by atoms with Crippen LogP contribution in [0.5, 0.6) is 0 Å². The number of rotatable bonds is 5. The number of hydrogen-bond acceptors (Lipinski definition) is 2. The molecular weight excluding hydrogens is 293 g/mol. The average molecular weight is 310 g/mol.